The van der Waals surface area contributed by atoms with Crippen molar-refractivity contribution >= 4 is 22.4 Å². The summed E-state index contributed by atoms with van der Waals surface area (Å²) in [7, 11) is 0. The average Bonchev–Trinajstić information content (AvgIpc) is 3.33. The molecular weight excluding hydrogens is 404 g/mol. The molecule has 0 N–H and O–H groups in total. The van der Waals surface area contributed by atoms with Crippen LogP contribution >= 0.6 is 11.3 Å². The van der Waals surface area contributed by atoms with Crippen LogP contribution < -0.4 is 14.8 Å². The second-order valence-corrected chi connectivity index (χ2v) is 8.09. The Hall–Kier alpha value is -3.70. The number of aromatic nitrogens is 2. The number of thiazole rings is 1. The second-order valence-electron chi connectivity index (χ2n) is 7.08. The van der Waals surface area contributed by atoms with Crippen molar-refractivity contribution < 1.29 is 4.74 Å². The van der Waals surface area contributed by atoms with E-state index < -0.39 is 0 Å². The Morgan fingerprint density at radius 3 is 2.19 bits per heavy atom. The summed E-state index contributed by atoms with van der Waals surface area (Å²) >= 11 is 1.41. The molecule has 0 radical (unpaired) electrons. The fraction of sp³-hybridized carbons (Fsp3) is 0.0769. The van der Waals surface area contributed by atoms with Crippen LogP contribution in [0.5, 0.6) is 5.75 Å². The number of hydrogen-bond donors (Lipinski definition) is 0. The number of hydrogen-bond acceptors (Lipinski definition) is 4. The molecule has 3 aromatic carbocycles. The van der Waals surface area contributed by atoms with E-state index in [-0.39, 0.29) is 5.56 Å². The Kier molecular flexibility index (Phi) is 5.10. The van der Waals surface area contributed by atoms with Crippen LogP contribution in [-0.4, -0.2) is 16.0 Å². The van der Waals surface area contributed by atoms with Crippen molar-refractivity contribution in [1.82, 2.24) is 9.38 Å². The van der Waals surface area contributed by atoms with Crippen LogP contribution in [0.15, 0.2) is 89.7 Å². The quantitative estimate of drug-likeness (QED) is 0.397. The van der Waals surface area contributed by atoms with Gasteiger partial charge >= 0.3 is 0 Å². The van der Waals surface area contributed by atoms with E-state index in [1.807, 2.05) is 97.9 Å². The van der Waals surface area contributed by atoms with E-state index in [9.17, 15) is 4.79 Å². The first kappa shape index (κ1) is 19.3. The molecule has 5 aromatic rings. The molecule has 5 heteroatoms. The summed E-state index contributed by atoms with van der Waals surface area (Å²) in [5.74, 6) is 0.821. The van der Waals surface area contributed by atoms with Crippen LogP contribution in [0.1, 0.15) is 12.5 Å². The molecule has 2 aromatic heterocycles. The van der Waals surface area contributed by atoms with E-state index >= 15 is 0 Å². The third-order valence-corrected chi connectivity index (χ3v) is 6.01. The van der Waals surface area contributed by atoms with Crippen LogP contribution in [0.25, 0.3) is 33.6 Å². The highest BCUT2D eigenvalue weighted by atomic mass is 32.1. The first-order chi connectivity index (χ1) is 15.2. The van der Waals surface area contributed by atoms with Gasteiger partial charge in [0.15, 0.2) is 4.96 Å². The Bertz CT molecular complexity index is 1440. The number of imidazole rings is 1. The Morgan fingerprint density at radius 1 is 0.903 bits per heavy atom. The lowest BCUT2D eigenvalue weighted by molar-refractivity contribution is 0.340. The predicted molar refractivity (Wildman–Crippen MR) is 127 cm³/mol. The molecule has 31 heavy (non-hydrogen) atoms. The standard InChI is InChI=1S/C26H20N2O2S/c1-2-30-21-15-13-18(14-16-21)17-22-25(29)28-24(20-11-7-4-8-12-20)23(27-26(28)31-22)19-9-5-3-6-10-19/h3-17H,2H2,1H3/b22-17+. The topological polar surface area (TPSA) is 43.6 Å². The maximum absolute atomic E-state index is 13.4. The minimum atomic E-state index is -0.0533. The molecule has 5 rings (SSSR count). The van der Waals surface area contributed by atoms with Gasteiger partial charge in [0.25, 0.3) is 5.56 Å². The summed E-state index contributed by atoms with van der Waals surface area (Å²) in [6.07, 6.45) is 1.91. The Balaban J connectivity index is 1.70. The number of rotatable bonds is 5. The fourth-order valence-electron chi connectivity index (χ4n) is 3.64. The molecule has 0 saturated heterocycles. The summed E-state index contributed by atoms with van der Waals surface area (Å²) in [6.45, 7) is 2.58. The third kappa shape index (κ3) is 3.64. The van der Waals surface area contributed by atoms with Crippen LogP contribution in [0.4, 0.5) is 0 Å². The van der Waals surface area contributed by atoms with Crippen molar-refractivity contribution in [2.75, 3.05) is 6.61 Å². The molecule has 0 bridgehead atoms. The van der Waals surface area contributed by atoms with E-state index in [1.54, 1.807) is 4.40 Å². The van der Waals surface area contributed by atoms with E-state index in [0.29, 0.717) is 16.1 Å². The fourth-order valence-corrected chi connectivity index (χ4v) is 4.61. The Labute approximate surface area is 183 Å². The van der Waals surface area contributed by atoms with Crippen LogP contribution in [0, 0.1) is 0 Å². The third-order valence-electron chi connectivity index (χ3n) is 5.05. The lowest BCUT2D eigenvalue weighted by Crippen LogP contribution is -2.23. The van der Waals surface area contributed by atoms with Crippen molar-refractivity contribution in [2.24, 2.45) is 0 Å². The predicted octanol–water partition coefficient (Wildman–Crippen LogP) is 5.04. The number of benzene rings is 3. The van der Waals surface area contributed by atoms with Gasteiger partial charge < -0.3 is 4.74 Å². The van der Waals surface area contributed by atoms with Gasteiger partial charge in [0.1, 0.15) is 5.75 Å². The lowest BCUT2D eigenvalue weighted by Gasteiger charge is -2.04. The zero-order valence-corrected chi connectivity index (χ0v) is 17.8. The summed E-state index contributed by atoms with van der Waals surface area (Å²) in [6, 6.07) is 27.7. The van der Waals surface area contributed by atoms with E-state index in [2.05, 4.69) is 0 Å². The number of nitrogens with zero attached hydrogens (tertiary/aromatic N) is 2. The SMILES string of the molecule is CCOc1ccc(/C=c2/sc3nc(-c4ccccc4)c(-c4ccccc4)n3c2=O)cc1. The zero-order valence-electron chi connectivity index (χ0n) is 17.0. The molecule has 0 aliphatic rings. The van der Waals surface area contributed by atoms with Gasteiger partial charge in [0.2, 0.25) is 0 Å². The van der Waals surface area contributed by atoms with Gasteiger partial charge in [0.05, 0.1) is 22.5 Å². The van der Waals surface area contributed by atoms with Gasteiger partial charge in [-0.05, 0) is 30.7 Å². The number of ether oxygens (including phenoxy) is 1. The lowest BCUT2D eigenvalue weighted by atomic mass is 10.1. The second kappa shape index (κ2) is 8.20. The molecule has 0 atom stereocenters. The van der Waals surface area contributed by atoms with E-state index in [4.69, 9.17) is 9.72 Å². The molecule has 152 valence electrons. The normalized spacial score (nSPS) is 11.8. The van der Waals surface area contributed by atoms with Gasteiger partial charge in [-0.15, -0.1) is 0 Å². The summed E-state index contributed by atoms with van der Waals surface area (Å²) in [4.78, 5) is 19.0. The van der Waals surface area contributed by atoms with Crippen molar-refractivity contribution in [3.05, 3.63) is 105 Å². The van der Waals surface area contributed by atoms with E-state index in [1.165, 1.54) is 11.3 Å². The molecular formula is C26H20N2O2S. The zero-order chi connectivity index (χ0) is 21.2. The van der Waals surface area contributed by atoms with Crippen molar-refractivity contribution in [3.63, 3.8) is 0 Å². The molecule has 0 aliphatic heterocycles. The number of fused-ring (bicyclic) bond motifs is 1. The first-order valence-corrected chi connectivity index (χ1v) is 11.0. The molecule has 0 aliphatic carbocycles. The highest BCUT2D eigenvalue weighted by molar-refractivity contribution is 7.15. The van der Waals surface area contributed by atoms with Crippen LogP contribution in [-0.2, 0) is 0 Å². The average molecular weight is 425 g/mol. The molecule has 0 fully saturated rings. The maximum Gasteiger partial charge on any atom is 0.274 e. The van der Waals surface area contributed by atoms with Crippen molar-refractivity contribution in [3.8, 4) is 28.3 Å². The molecule has 0 spiro atoms. The minimum Gasteiger partial charge on any atom is -0.494 e. The van der Waals surface area contributed by atoms with Crippen LogP contribution in [0.2, 0.25) is 0 Å². The largest absolute Gasteiger partial charge is 0.494 e. The monoisotopic (exact) mass is 424 g/mol. The molecule has 0 unspecified atom stereocenters. The summed E-state index contributed by atoms with van der Waals surface area (Å²) in [5, 5.41) is 0. The minimum absolute atomic E-state index is 0.0533. The molecule has 4 nitrogen and oxygen atoms in total. The van der Waals surface area contributed by atoms with E-state index in [0.717, 1.165) is 33.8 Å². The summed E-state index contributed by atoms with van der Waals surface area (Å²) in [5.41, 5.74) is 4.51. The Morgan fingerprint density at radius 2 is 1.55 bits per heavy atom. The van der Waals surface area contributed by atoms with Gasteiger partial charge in [0, 0.05) is 11.1 Å². The van der Waals surface area contributed by atoms with Crippen LogP contribution in [0.3, 0.4) is 0 Å². The summed E-state index contributed by atoms with van der Waals surface area (Å²) < 4.78 is 7.90. The smallest absolute Gasteiger partial charge is 0.274 e. The highest BCUT2D eigenvalue weighted by Crippen LogP contribution is 2.32. The highest BCUT2D eigenvalue weighted by Gasteiger charge is 2.19. The molecule has 0 saturated carbocycles. The van der Waals surface area contributed by atoms with Gasteiger partial charge in [-0.3, -0.25) is 4.79 Å². The van der Waals surface area contributed by atoms with Crippen molar-refractivity contribution in [1.29, 1.82) is 0 Å². The first-order valence-electron chi connectivity index (χ1n) is 10.2. The maximum atomic E-state index is 13.4. The van der Waals surface area contributed by atoms with Gasteiger partial charge in [-0.2, -0.15) is 0 Å². The molecule has 2 heterocycles. The van der Waals surface area contributed by atoms with Gasteiger partial charge in [-0.1, -0.05) is 84.1 Å². The van der Waals surface area contributed by atoms with Crippen molar-refractivity contribution in [2.45, 2.75) is 6.92 Å². The molecule has 0 amide bonds. The van der Waals surface area contributed by atoms with Gasteiger partial charge in [-0.25, -0.2) is 9.38 Å².